The van der Waals surface area contributed by atoms with Crippen LogP contribution in [-0.2, 0) is 6.54 Å². The Kier molecular flexibility index (Phi) is 4.95. The summed E-state index contributed by atoms with van der Waals surface area (Å²) in [5.74, 6) is 0.662. The van der Waals surface area contributed by atoms with Crippen molar-refractivity contribution in [2.24, 2.45) is 0 Å². The number of aryl methyl sites for hydroxylation is 1. The zero-order chi connectivity index (χ0) is 18.0. The molecule has 0 bridgehead atoms. The molecule has 0 saturated carbocycles. The molecule has 0 aliphatic rings. The largest absolute Gasteiger partial charge is 0.467 e. The van der Waals surface area contributed by atoms with Crippen molar-refractivity contribution in [2.75, 3.05) is 0 Å². The number of furan rings is 1. The van der Waals surface area contributed by atoms with Gasteiger partial charge < -0.3 is 9.73 Å². The van der Waals surface area contributed by atoms with Crippen LogP contribution in [0.1, 0.15) is 47.3 Å². The number of amides is 1. The summed E-state index contributed by atoms with van der Waals surface area (Å²) in [6.45, 7) is 6.27. The van der Waals surface area contributed by atoms with Crippen LogP contribution in [0.5, 0.6) is 0 Å². The smallest absolute Gasteiger partial charge is 0.255 e. The van der Waals surface area contributed by atoms with Gasteiger partial charge in [-0.2, -0.15) is 5.10 Å². The number of nitrogens with one attached hydrogen (secondary N) is 1. The second kappa shape index (κ2) is 7.15. The first-order valence-electron chi connectivity index (χ1n) is 8.13. The lowest BCUT2D eigenvalue weighted by Gasteiger charge is -2.13. The molecule has 1 N–H and O–H groups in total. The molecule has 130 valence electrons. The van der Waals surface area contributed by atoms with Crippen molar-refractivity contribution in [3.8, 4) is 5.69 Å². The zero-order valence-corrected chi connectivity index (χ0v) is 15.2. The molecular weight excluding hydrogens is 338 g/mol. The molecule has 0 saturated heterocycles. The minimum atomic E-state index is -0.161. The third-order valence-corrected chi connectivity index (χ3v) is 4.16. The Morgan fingerprint density at radius 2 is 2.12 bits per heavy atom. The number of hydrogen-bond donors (Lipinski definition) is 1. The molecule has 3 aromatic rings. The van der Waals surface area contributed by atoms with Crippen LogP contribution >= 0.6 is 11.6 Å². The molecule has 5 nitrogen and oxygen atoms in total. The van der Waals surface area contributed by atoms with Crippen molar-refractivity contribution in [2.45, 2.75) is 33.2 Å². The Morgan fingerprint density at radius 3 is 2.76 bits per heavy atom. The van der Waals surface area contributed by atoms with E-state index in [1.165, 1.54) is 0 Å². The fraction of sp³-hybridized carbons (Fsp3) is 0.263. The van der Waals surface area contributed by atoms with E-state index in [4.69, 9.17) is 16.0 Å². The minimum Gasteiger partial charge on any atom is -0.467 e. The van der Waals surface area contributed by atoms with Crippen LogP contribution in [0.2, 0.25) is 5.02 Å². The van der Waals surface area contributed by atoms with Gasteiger partial charge in [0, 0.05) is 5.02 Å². The second-order valence-corrected chi connectivity index (χ2v) is 6.59. The van der Waals surface area contributed by atoms with Crippen LogP contribution in [0.15, 0.2) is 47.1 Å². The number of carbonyl (C=O) groups is 1. The first-order valence-corrected chi connectivity index (χ1v) is 8.51. The van der Waals surface area contributed by atoms with Gasteiger partial charge in [0.05, 0.1) is 35.4 Å². The van der Waals surface area contributed by atoms with Crippen molar-refractivity contribution in [3.05, 3.63) is 70.4 Å². The fourth-order valence-electron chi connectivity index (χ4n) is 2.83. The number of nitrogens with zero attached hydrogens (tertiary/aromatic N) is 2. The summed E-state index contributed by atoms with van der Waals surface area (Å²) in [6.07, 6.45) is 1.59. The molecule has 0 radical (unpaired) electrons. The fourth-order valence-corrected chi connectivity index (χ4v) is 3.02. The van der Waals surface area contributed by atoms with E-state index in [0.717, 1.165) is 11.4 Å². The Labute approximate surface area is 151 Å². The van der Waals surface area contributed by atoms with E-state index in [0.29, 0.717) is 28.6 Å². The summed E-state index contributed by atoms with van der Waals surface area (Å²) in [5, 5.41) is 8.11. The van der Waals surface area contributed by atoms with E-state index in [9.17, 15) is 4.79 Å². The molecule has 1 amide bonds. The molecule has 2 aromatic heterocycles. The monoisotopic (exact) mass is 357 g/mol. The number of carbonyl (C=O) groups excluding carboxylic acids is 1. The molecule has 25 heavy (non-hydrogen) atoms. The highest BCUT2D eigenvalue weighted by Crippen LogP contribution is 2.27. The maximum absolute atomic E-state index is 12.8. The number of rotatable bonds is 5. The van der Waals surface area contributed by atoms with Gasteiger partial charge in [-0.05, 0) is 43.2 Å². The third-order valence-electron chi connectivity index (χ3n) is 3.93. The van der Waals surface area contributed by atoms with Crippen LogP contribution in [0, 0.1) is 6.92 Å². The molecule has 0 fully saturated rings. The average Bonchev–Trinajstić information content (AvgIpc) is 3.20. The number of halogens is 1. The lowest BCUT2D eigenvalue weighted by Crippen LogP contribution is -2.24. The highest BCUT2D eigenvalue weighted by molar-refractivity contribution is 6.30. The normalized spacial score (nSPS) is 11.1. The Hall–Kier alpha value is -2.53. The van der Waals surface area contributed by atoms with Crippen molar-refractivity contribution in [1.29, 1.82) is 0 Å². The van der Waals surface area contributed by atoms with Gasteiger partial charge in [-0.25, -0.2) is 4.68 Å². The summed E-state index contributed by atoms with van der Waals surface area (Å²) >= 11 is 6.11. The van der Waals surface area contributed by atoms with Gasteiger partial charge in [0.1, 0.15) is 5.76 Å². The molecule has 6 heteroatoms. The van der Waals surface area contributed by atoms with Gasteiger partial charge in [0.15, 0.2) is 0 Å². The number of aromatic nitrogens is 2. The molecule has 0 atom stereocenters. The molecule has 0 spiro atoms. The van der Waals surface area contributed by atoms with Crippen LogP contribution in [-0.4, -0.2) is 15.7 Å². The SMILES string of the molecule is Cc1nn(-c2cccc(Cl)c2)c(C(C)C)c1C(=O)NCc1ccco1. The summed E-state index contributed by atoms with van der Waals surface area (Å²) in [7, 11) is 0. The highest BCUT2D eigenvalue weighted by Gasteiger charge is 2.24. The van der Waals surface area contributed by atoms with Gasteiger partial charge >= 0.3 is 0 Å². The van der Waals surface area contributed by atoms with Crippen molar-refractivity contribution < 1.29 is 9.21 Å². The van der Waals surface area contributed by atoms with Gasteiger partial charge in [0.25, 0.3) is 5.91 Å². The predicted octanol–water partition coefficient (Wildman–Crippen LogP) is 4.48. The molecule has 3 rings (SSSR count). The molecule has 1 aromatic carbocycles. The maximum atomic E-state index is 12.8. The summed E-state index contributed by atoms with van der Waals surface area (Å²) in [4.78, 5) is 12.8. The Morgan fingerprint density at radius 1 is 1.32 bits per heavy atom. The quantitative estimate of drug-likeness (QED) is 0.732. The molecular formula is C19H20ClN3O2. The Bertz CT molecular complexity index is 882. The van der Waals surface area contributed by atoms with Gasteiger partial charge in [-0.1, -0.05) is 31.5 Å². The summed E-state index contributed by atoms with van der Waals surface area (Å²) in [5.41, 5.74) is 2.98. The van der Waals surface area contributed by atoms with Gasteiger partial charge in [-0.3, -0.25) is 4.79 Å². The average molecular weight is 358 g/mol. The first kappa shape index (κ1) is 17.3. The van der Waals surface area contributed by atoms with E-state index in [2.05, 4.69) is 10.4 Å². The lowest BCUT2D eigenvalue weighted by atomic mass is 10.0. The van der Waals surface area contributed by atoms with Crippen LogP contribution in [0.4, 0.5) is 0 Å². The van der Waals surface area contributed by atoms with Crippen LogP contribution in [0.25, 0.3) is 5.69 Å². The van der Waals surface area contributed by atoms with Crippen molar-refractivity contribution in [1.82, 2.24) is 15.1 Å². The van der Waals surface area contributed by atoms with E-state index >= 15 is 0 Å². The maximum Gasteiger partial charge on any atom is 0.255 e. The van der Waals surface area contributed by atoms with Gasteiger partial charge in [-0.15, -0.1) is 0 Å². The standard InChI is InChI=1S/C19H20ClN3O2/c1-12(2)18-17(19(24)21-11-16-8-5-9-25-16)13(3)22-23(18)15-7-4-6-14(20)10-15/h4-10,12H,11H2,1-3H3,(H,21,24). The van der Waals surface area contributed by atoms with Crippen molar-refractivity contribution in [3.63, 3.8) is 0 Å². The van der Waals surface area contributed by atoms with Crippen molar-refractivity contribution >= 4 is 17.5 Å². The third kappa shape index (κ3) is 3.61. The predicted molar refractivity (Wildman–Crippen MR) is 97.3 cm³/mol. The highest BCUT2D eigenvalue weighted by atomic mass is 35.5. The van der Waals surface area contributed by atoms with Crippen LogP contribution in [0.3, 0.4) is 0 Å². The molecule has 0 unspecified atom stereocenters. The first-order chi connectivity index (χ1) is 12.0. The van der Waals surface area contributed by atoms with Gasteiger partial charge in [0.2, 0.25) is 0 Å². The van der Waals surface area contributed by atoms with Crippen LogP contribution < -0.4 is 5.32 Å². The number of benzene rings is 1. The second-order valence-electron chi connectivity index (χ2n) is 6.15. The summed E-state index contributed by atoms with van der Waals surface area (Å²) < 4.78 is 7.06. The summed E-state index contributed by atoms with van der Waals surface area (Å²) in [6, 6.07) is 11.1. The Balaban J connectivity index is 1.97. The topological polar surface area (TPSA) is 60.1 Å². The molecule has 2 heterocycles. The lowest BCUT2D eigenvalue weighted by molar-refractivity contribution is 0.0946. The number of hydrogen-bond acceptors (Lipinski definition) is 3. The molecule has 0 aliphatic carbocycles. The minimum absolute atomic E-state index is 0.115. The van der Waals surface area contributed by atoms with E-state index < -0.39 is 0 Å². The van der Waals surface area contributed by atoms with E-state index in [1.54, 1.807) is 17.0 Å². The van der Waals surface area contributed by atoms with E-state index in [1.807, 2.05) is 51.1 Å². The van der Waals surface area contributed by atoms with E-state index in [-0.39, 0.29) is 11.8 Å². The zero-order valence-electron chi connectivity index (χ0n) is 14.4. The molecule has 0 aliphatic heterocycles.